The van der Waals surface area contributed by atoms with Crippen molar-refractivity contribution in [2.24, 2.45) is 29.6 Å². The number of benzene rings is 1. The van der Waals surface area contributed by atoms with Crippen molar-refractivity contribution in [1.82, 2.24) is 5.32 Å². The molecule has 4 rings (SSSR count). The van der Waals surface area contributed by atoms with E-state index >= 15 is 0 Å². The summed E-state index contributed by atoms with van der Waals surface area (Å²) in [5, 5.41) is 5.14. The van der Waals surface area contributed by atoms with Crippen LogP contribution in [-0.2, 0) is 0 Å². The van der Waals surface area contributed by atoms with Gasteiger partial charge in [0.05, 0.1) is 0 Å². The lowest BCUT2D eigenvalue weighted by atomic mass is 9.93. The van der Waals surface area contributed by atoms with Crippen LogP contribution in [-0.4, -0.2) is 7.05 Å². The summed E-state index contributed by atoms with van der Waals surface area (Å²) in [5.41, 5.74) is 1.19. The van der Waals surface area contributed by atoms with Crippen molar-refractivity contribution in [3.05, 3.63) is 33.8 Å². The molecule has 0 aromatic heterocycles. The molecule has 0 radical (unpaired) electrons. The quantitative estimate of drug-likeness (QED) is 0.863. The van der Waals surface area contributed by atoms with Crippen LogP contribution in [0.1, 0.15) is 30.9 Å². The second-order valence-corrected chi connectivity index (χ2v) is 7.34. The molecule has 102 valence electrons. The minimum absolute atomic E-state index is 0.379. The molecule has 3 aliphatic carbocycles. The van der Waals surface area contributed by atoms with Crippen molar-refractivity contribution in [3.8, 4) is 0 Å². The molecule has 0 spiro atoms. The maximum atomic E-state index is 6.39. The highest BCUT2D eigenvalue weighted by atomic mass is 35.5. The molecule has 0 saturated heterocycles. The summed E-state index contributed by atoms with van der Waals surface area (Å²) < 4.78 is 0. The predicted octanol–water partition coefficient (Wildman–Crippen LogP) is 4.55. The number of hydrogen-bond acceptors (Lipinski definition) is 1. The minimum Gasteiger partial charge on any atom is -0.313 e. The second kappa shape index (κ2) is 4.38. The average molecular weight is 296 g/mol. The first kappa shape index (κ1) is 12.5. The predicted molar refractivity (Wildman–Crippen MR) is 79.6 cm³/mol. The van der Waals surface area contributed by atoms with E-state index in [-0.39, 0.29) is 0 Å². The first-order valence-corrected chi connectivity index (χ1v) is 8.08. The Kier molecular flexibility index (Phi) is 2.88. The Labute approximate surface area is 124 Å². The summed E-state index contributed by atoms with van der Waals surface area (Å²) in [6.07, 6.45) is 4.41. The van der Waals surface area contributed by atoms with E-state index in [1.165, 1.54) is 24.8 Å². The van der Waals surface area contributed by atoms with Gasteiger partial charge in [-0.25, -0.2) is 0 Å². The molecule has 3 saturated carbocycles. The average Bonchev–Trinajstić information content (AvgIpc) is 2.82. The molecule has 5 unspecified atom stereocenters. The largest absolute Gasteiger partial charge is 0.313 e. The fraction of sp³-hybridized carbons (Fsp3) is 0.625. The lowest BCUT2D eigenvalue weighted by Crippen LogP contribution is -2.22. The Morgan fingerprint density at radius 3 is 2.47 bits per heavy atom. The van der Waals surface area contributed by atoms with E-state index in [1.54, 1.807) is 0 Å². The highest BCUT2D eigenvalue weighted by Crippen LogP contribution is 2.72. The molecule has 1 nitrogen and oxygen atoms in total. The van der Waals surface area contributed by atoms with Crippen LogP contribution in [0.15, 0.2) is 18.2 Å². The summed E-state index contributed by atoms with van der Waals surface area (Å²) in [6.45, 7) is 0. The van der Waals surface area contributed by atoms with Crippen LogP contribution in [0.2, 0.25) is 10.0 Å². The Morgan fingerprint density at radius 2 is 1.84 bits per heavy atom. The van der Waals surface area contributed by atoms with Crippen LogP contribution in [0.3, 0.4) is 0 Å². The Balaban J connectivity index is 1.64. The van der Waals surface area contributed by atoms with Crippen LogP contribution in [0.25, 0.3) is 0 Å². The highest BCUT2D eigenvalue weighted by Gasteiger charge is 2.66. The zero-order valence-corrected chi connectivity index (χ0v) is 12.6. The van der Waals surface area contributed by atoms with Crippen molar-refractivity contribution >= 4 is 23.2 Å². The highest BCUT2D eigenvalue weighted by molar-refractivity contribution is 6.33. The van der Waals surface area contributed by atoms with E-state index in [0.717, 1.165) is 39.6 Å². The van der Waals surface area contributed by atoms with E-state index in [4.69, 9.17) is 23.2 Å². The van der Waals surface area contributed by atoms with Gasteiger partial charge in [0.2, 0.25) is 0 Å². The lowest BCUT2D eigenvalue weighted by molar-refractivity contribution is 0.385. The molecule has 1 N–H and O–H groups in total. The van der Waals surface area contributed by atoms with Gasteiger partial charge < -0.3 is 5.32 Å². The van der Waals surface area contributed by atoms with Crippen molar-refractivity contribution in [2.75, 3.05) is 7.05 Å². The van der Waals surface area contributed by atoms with Gasteiger partial charge in [-0.05, 0) is 79.7 Å². The Morgan fingerprint density at radius 1 is 1.16 bits per heavy atom. The van der Waals surface area contributed by atoms with Gasteiger partial charge in [-0.15, -0.1) is 0 Å². The molecule has 3 aliphatic rings. The third-order valence-electron chi connectivity index (χ3n) is 5.78. The molecule has 0 amide bonds. The van der Waals surface area contributed by atoms with Crippen molar-refractivity contribution in [3.63, 3.8) is 0 Å². The zero-order valence-electron chi connectivity index (χ0n) is 11.1. The fourth-order valence-corrected chi connectivity index (χ4v) is 5.56. The standard InChI is InChI=1S/C16H19Cl2N/c1-19-16(11-7-10(17)4-5-12(11)18)15-13-8-2-3-9(6-8)14(13)15/h4-5,7-9,13-16,19H,2-3,6H2,1H3. The van der Waals surface area contributed by atoms with Gasteiger partial charge in [0.15, 0.2) is 0 Å². The number of rotatable bonds is 3. The van der Waals surface area contributed by atoms with Crippen molar-refractivity contribution in [1.29, 1.82) is 0 Å². The zero-order chi connectivity index (χ0) is 13.1. The third kappa shape index (κ3) is 1.78. The maximum absolute atomic E-state index is 6.39. The van der Waals surface area contributed by atoms with Crippen LogP contribution in [0.4, 0.5) is 0 Å². The van der Waals surface area contributed by atoms with Gasteiger partial charge in [0.25, 0.3) is 0 Å². The summed E-state index contributed by atoms with van der Waals surface area (Å²) >= 11 is 12.5. The Bertz CT molecular complexity index is 499. The van der Waals surface area contributed by atoms with Crippen LogP contribution >= 0.6 is 23.2 Å². The van der Waals surface area contributed by atoms with Gasteiger partial charge in [-0.3, -0.25) is 0 Å². The maximum Gasteiger partial charge on any atom is 0.0454 e. The number of halogens is 2. The molecule has 3 heteroatoms. The summed E-state index contributed by atoms with van der Waals surface area (Å²) in [5.74, 6) is 4.67. The van der Waals surface area contributed by atoms with Crippen LogP contribution < -0.4 is 5.32 Å². The molecule has 5 atom stereocenters. The van der Waals surface area contributed by atoms with Gasteiger partial charge >= 0.3 is 0 Å². The molecular formula is C16H19Cl2N. The lowest BCUT2D eigenvalue weighted by Gasteiger charge is -2.21. The van der Waals surface area contributed by atoms with Gasteiger partial charge in [0.1, 0.15) is 0 Å². The van der Waals surface area contributed by atoms with Crippen molar-refractivity contribution < 1.29 is 0 Å². The monoisotopic (exact) mass is 295 g/mol. The van der Waals surface area contributed by atoms with E-state index < -0.39 is 0 Å². The second-order valence-electron chi connectivity index (χ2n) is 6.50. The summed E-state index contributed by atoms with van der Waals surface area (Å²) in [4.78, 5) is 0. The van der Waals surface area contributed by atoms with E-state index in [2.05, 4.69) is 12.4 Å². The fourth-order valence-electron chi connectivity index (χ4n) is 5.15. The van der Waals surface area contributed by atoms with Gasteiger partial charge in [-0.1, -0.05) is 23.2 Å². The van der Waals surface area contributed by atoms with Crippen LogP contribution in [0.5, 0.6) is 0 Å². The molecule has 0 aliphatic heterocycles. The topological polar surface area (TPSA) is 12.0 Å². The molecule has 3 fully saturated rings. The van der Waals surface area contributed by atoms with Crippen LogP contribution in [0, 0.1) is 29.6 Å². The van der Waals surface area contributed by atoms with E-state index in [0.29, 0.717) is 6.04 Å². The minimum atomic E-state index is 0.379. The van der Waals surface area contributed by atoms with Gasteiger partial charge in [0, 0.05) is 16.1 Å². The molecule has 2 bridgehead atoms. The number of nitrogens with one attached hydrogen (secondary N) is 1. The smallest absolute Gasteiger partial charge is 0.0454 e. The summed E-state index contributed by atoms with van der Waals surface area (Å²) in [6, 6.07) is 6.22. The molecular weight excluding hydrogens is 277 g/mol. The normalized spacial score (nSPS) is 40.3. The SMILES string of the molecule is CNC(c1cc(Cl)ccc1Cl)C1C2C3CCC(C3)C21. The van der Waals surface area contributed by atoms with Crippen molar-refractivity contribution in [2.45, 2.75) is 25.3 Å². The van der Waals surface area contributed by atoms with E-state index in [1.807, 2.05) is 18.2 Å². The molecule has 1 aromatic rings. The first-order chi connectivity index (χ1) is 9.20. The molecule has 19 heavy (non-hydrogen) atoms. The first-order valence-electron chi connectivity index (χ1n) is 7.33. The summed E-state index contributed by atoms with van der Waals surface area (Å²) in [7, 11) is 2.05. The number of fused-ring (bicyclic) bond motifs is 5. The number of hydrogen-bond donors (Lipinski definition) is 1. The van der Waals surface area contributed by atoms with E-state index in [9.17, 15) is 0 Å². The molecule has 0 heterocycles. The third-order valence-corrected chi connectivity index (χ3v) is 6.36. The Hall–Kier alpha value is -0.240. The van der Waals surface area contributed by atoms with Gasteiger partial charge in [-0.2, -0.15) is 0 Å². The molecule has 1 aromatic carbocycles.